The first-order valence-electron chi connectivity index (χ1n) is 5.74. The van der Waals surface area contributed by atoms with Gasteiger partial charge in [-0.2, -0.15) is 0 Å². The van der Waals surface area contributed by atoms with Crippen LogP contribution in [0.5, 0.6) is 17.2 Å². The zero-order valence-corrected chi connectivity index (χ0v) is 10.8. The zero-order valence-electron chi connectivity index (χ0n) is 10.8. The molecule has 0 aliphatic carbocycles. The van der Waals surface area contributed by atoms with Crippen LogP contribution in [-0.4, -0.2) is 20.2 Å². The molecule has 0 atom stereocenters. The van der Waals surface area contributed by atoms with E-state index in [1.54, 1.807) is 49.6 Å². The monoisotopic (exact) mass is 258 g/mol. The van der Waals surface area contributed by atoms with E-state index in [-0.39, 0.29) is 0 Å². The summed E-state index contributed by atoms with van der Waals surface area (Å²) in [7, 11) is 3.08. The average Bonchev–Trinajstić information content (AvgIpc) is 2.48. The molecule has 0 spiro atoms. The quantitative estimate of drug-likeness (QED) is 0.624. The zero-order chi connectivity index (χ0) is 13.7. The lowest BCUT2D eigenvalue weighted by molar-refractivity contribution is 0.0734. The Hall–Kier alpha value is -2.49. The van der Waals surface area contributed by atoms with Crippen LogP contribution in [0.1, 0.15) is 10.4 Å². The van der Waals surface area contributed by atoms with Crippen LogP contribution in [0.25, 0.3) is 0 Å². The Bertz CT molecular complexity index is 564. The maximum Gasteiger partial charge on any atom is 0.343 e. The van der Waals surface area contributed by atoms with E-state index < -0.39 is 5.97 Å². The molecular weight excluding hydrogens is 244 g/mol. The minimum Gasteiger partial charge on any atom is -0.493 e. The highest BCUT2D eigenvalue weighted by Crippen LogP contribution is 2.31. The average molecular weight is 258 g/mol. The molecule has 19 heavy (non-hydrogen) atoms. The Morgan fingerprint density at radius 3 is 2.21 bits per heavy atom. The second-order valence-electron chi connectivity index (χ2n) is 3.77. The highest BCUT2D eigenvalue weighted by Gasteiger charge is 2.10. The lowest BCUT2D eigenvalue weighted by Crippen LogP contribution is -2.08. The second kappa shape index (κ2) is 5.91. The van der Waals surface area contributed by atoms with Crippen LogP contribution in [0.15, 0.2) is 48.5 Å². The largest absolute Gasteiger partial charge is 0.493 e. The SMILES string of the molecule is COc1ccc(OC(=O)c2ccccc2)cc1OC. The first-order valence-corrected chi connectivity index (χ1v) is 5.74. The lowest BCUT2D eigenvalue weighted by atomic mass is 10.2. The van der Waals surface area contributed by atoms with Crippen molar-refractivity contribution in [1.29, 1.82) is 0 Å². The molecule has 0 fully saturated rings. The van der Waals surface area contributed by atoms with E-state index in [2.05, 4.69) is 0 Å². The van der Waals surface area contributed by atoms with Crippen molar-refractivity contribution in [2.24, 2.45) is 0 Å². The summed E-state index contributed by atoms with van der Waals surface area (Å²) in [5.41, 5.74) is 0.497. The molecule has 0 N–H and O–H groups in total. The summed E-state index contributed by atoms with van der Waals surface area (Å²) >= 11 is 0. The summed E-state index contributed by atoms with van der Waals surface area (Å²) in [4.78, 5) is 11.9. The molecule has 0 unspecified atom stereocenters. The number of hydrogen-bond donors (Lipinski definition) is 0. The van der Waals surface area contributed by atoms with E-state index in [1.807, 2.05) is 6.07 Å². The third kappa shape index (κ3) is 3.04. The molecule has 0 aliphatic rings. The Morgan fingerprint density at radius 2 is 1.58 bits per heavy atom. The molecule has 0 bridgehead atoms. The molecule has 98 valence electrons. The van der Waals surface area contributed by atoms with E-state index >= 15 is 0 Å². The minimum atomic E-state index is -0.409. The van der Waals surface area contributed by atoms with Gasteiger partial charge in [-0.1, -0.05) is 18.2 Å². The topological polar surface area (TPSA) is 44.8 Å². The molecule has 0 saturated carbocycles. The van der Waals surface area contributed by atoms with Gasteiger partial charge < -0.3 is 14.2 Å². The fourth-order valence-corrected chi connectivity index (χ4v) is 1.62. The summed E-state index contributed by atoms with van der Waals surface area (Å²) < 4.78 is 15.5. The predicted octanol–water partition coefficient (Wildman–Crippen LogP) is 2.92. The Balaban J connectivity index is 2.18. The molecular formula is C15H14O4. The standard InChI is InChI=1S/C15H14O4/c1-17-13-9-8-12(10-14(13)18-2)19-15(16)11-6-4-3-5-7-11/h3-10H,1-2H3. The van der Waals surface area contributed by atoms with Crippen molar-refractivity contribution in [3.05, 3.63) is 54.1 Å². The maximum atomic E-state index is 11.9. The van der Waals surface area contributed by atoms with Crippen molar-refractivity contribution in [2.45, 2.75) is 0 Å². The molecule has 0 saturated heterocycles. The van der Waals surface area contributed by atoms with E-state index in [4.69, 9.17) is 14.2 Å². The summed E-state index contributed by atoms with van der Waals surface area (Å²) in [6.07, 6.45) is 0. The normalized spacial score (nSPS) is 9.79. The molecule has 4 nitrogen and oxygen atoms in total. The molecule has 4 heteroatoms. The second-order valence-corrected chi connectivity index (χ2v) is 3.77. The first-order chi connectivity index (χ1) is 9.24. The van der Waals surface area contributed by atoms with Gasteiger partial charge in [0.15, 0.2) is 11.5 Å². The molecule has 0 aliphatic heterocycles. The fraction of sp³-hybridized carbons (Fsp3) is 0.133. The van der Waals surface area contributed by atoms with Crippen LogP contribution in [0.2, 0.25) is 0 Å². The van der Waals surface area contributed by atoms with Crippen LogP contribution < -0.4 is 14.2 Å². The van der Waals surface area contributed by atoms with Crippen molar-refractivity contribution in [2.75, 3.05) is 14.2 Å². The van der Waals surface area contributed by atoms with E-state index in [0.29, 0.717) is 22.8 Å². The highest BCUT2D eigenvalue weighted by molar-refractivity contribution is 5.91. The van der Waals surface area contributed by atoms with Gasteiger partial charge in [0.25, 0.3) is 0 Å². The lowest BCUT2D eigenvalue weighted by Gasteiger charge is -2.09. The van der Waals surface area contributed by atoms with E-state index in [0.717, 1.165) is 0 Å². The van der Waals surface area contributed by atoms with Crippen LogP contribution in [-0.2, 0) is 0 Å². The van der Waals surface area contributed by atoms with Crippen LogP contribution >= 0.6 is 0 Å². The van der Waals surface area contributed by atoms with Gasteiger partial charge in [0, 0.05) is 6.07 Å². The summed E-state index contributed by atoms with van der Waals surface area (Å²) in [5.74, 6) is 1.10. The fourth-order valence-electron chi connectivity index (χ4n) is 1.62. The number of methoxy groups -OCH3 is 2. The summed E-state index contributed by atoms with van der Waals surface area (Å²) in [6.45, 7) is 0. The number of benzene rings is 2. The summed E-state index contributed by atoms with van der Waals surface area (Å²) in [5, 5.41) is 0. The number of rotatable bonds is 4. The molecule has 0 radical (unpaired) electrons. The molecule has 0 amide bonds. The van der Waals surface area contributed by atoms with E-state index in [9.17, 15) is 4.79 Å². The Kier molecular flexibility index (Phi) is 4.03. The molecule has 2 aromatic rings. The third-order valence-electron chi connectivity index (χ3n) is 2.58. The van der Waals surface area contributed by atoms with Crippen molar-refractivity contribution < 1.29 is 19.0 Å². The molecule has 2 aromatic carbocycles. The van der Waals surface area contributed by atoms with Gasteiger partial charge in [-0.3, -0.25) is 0 Å². The van der Waals surface area contributed by atoms with Gasteiger partial charge in [0.05, 0.1) is 19.8 Å². The highest BCUT2D eigenvalue weighted by atomic mass is 16.5. The Labute approximate surface area is 111 Å². The molecule has 0 aromatic heterocycles. The number of carbonyl (C=O) groups excluding carboxylic acids is 1. The molecule has 0 heterocycles. The van der Waals surface area contributed by atoms with Crippen molar-refractivity contribution >= 4 is 5.97 Å². The van der Waals surface area contributed by atoms with Crippen LogP contribution in [0, 0.1) is 0 Å². The van der Waals surface area contributed by atoms with Crippen LogP contribution in [0.4, 0.5) is 0 Å². The van der Waals surface area contributed by atoms with Crippen LogP contribution in [0.3, 0.4) is 0 Å². The first kappa shape index (κ1) is 13.0. The summed E-state index contributed by atoms with van der Waals surface area (Å²) in [6, 6.07) is 13.8. The predicted molar refractivity (Wildman–Crippen MR) is 70.9 cm³/mol. The van der Waals surface area contributed by atoms with E-state index in [1.165, 1.54) is 7.11 Å². The number of carbonyl (C=O) groups is 1. The third-order valence-corrected chi connectivity index (χ3v) is 2.58. The number of esters is 1. The van der Waals surface area contributed by atoms with Crippen molar-refractivity contribution in [3.63, 3.8) is 0 Å². The number of ether oxygens (including phenoxy) is 3. The number of hydrogen-bond acceptors (Lipinski definition) is 4. The Morgan fingerprint density at radius 1 is 0.895 bits per heavy atom. The van der Waals surface area contributed by atoms with Gasteiger partial charge >= 0.3 is 5.97 Å². The van der Waals surface area contributed by atoms with Gasteiger partial charge in [-0.25, -0.2) is 4.79 Å². The van der Waals surface area contributed by atoms with Crippen molar-refractivity contribution in [1.82, 2.24) is 0 Å². The maximum absolute atomic E-state index is 11.9. The van der Waals surface area contributed by atoms with Gasteiger partial charge in [0.2, 0.25) is 0 Å². The molecule has 2 rings (SSSR count). The van der Waals surface area contributed by atoms with Gasteiger partial charge in [-0.05, 0) is 24.3 Å². The van der Waals surface area contributed by atoms with Crippen molar-refractivity contribution in [3.8, 4) is 17.2 Å². The van der Waals surface area contributed by atoms with Gasteiger partial charge in [0.1, 0.15) is 5.75 Å². The van der Waals surface area contributed by atoms with Gasteiger partial charge in [-0.15, -0.1) is 0 Å². The minimum absolute atomic E-state index is 0.409. The smallest absolute Gasteiger partial charge is 0.343 e.